The molecular weight excluding hydrogens is 276 g/mol. The van der Waals surface area contributed by atoms with E-state index in [2.05, 4.69) is 41.0 Å². The number of nitrogens with zero attached hydrogens (tertiary/aromatic N) is 3. The maximum Gasteiger partial charge on any atom is 0.257 e. The molecule has 1 heterocycles. The van der Waals surface area contributed by atoms with E-state index in [1.807, 2.05) is 12.1 Å². The summed E-state index contributed by atoms with van der Waals surface area (Å²) < 4.78 is 5.38. The van der Waals surface area contributed by atoms with Gasteiger partial charge in [0.2, 0.25) is 0 Å². The van der Waals surface area contributed by atoms with Crippen molar-refractivity contribution in [2.75, 3.05) is 13.1 Å². The van der Waals surface area contributed by atoms with Crippen LogP contribution < -0.4 is 5.73 Å². The standard InChI is InChI=1S/C17H24N4O/c1-3-21(4-2)12-13-6-8-14(9-7-13)15-19-16(20-22-15)17(18)10-5-11-17/h6-9H,3-5,10-12,18H2,1-2H3. The van der Waals surface area contributed by atoms with Gasteiger partial charge in [0.15, 0.2) is 5.82 Å². The van der Waals surface area contributed by atoms with Crippen molar-refractivity contribution in [2.24, 2.45) is 5.73 Å². The SMILES string of the molecule is CCN(CC)Cc1ccc(-c2nc(C3(N)CCC3)no2)cc1. The molecule has 22 heavy (non-hydrogen) atoms. The Morgan fingerprint density at radius 1 is 1.18 bits per heavy atom. The quantitative estimate of drug-likeness (QED) is 0.888. The molecule has 2 N–H and O–H groups in total. The fourth-order valence-corrected chi connectivity index (χ4v) is 2.78. The summed E-state index contributed by atoms with van der Waals surface area (Å²) in [5.41, 5.74) is 8.11. The van der Waals surface area contributed by atoms with Crippen molar-refractivity contribution in [2.45, 2.75) is 45.2 Å². The van der Waals surface area contributed by atoms with Gasteiger partial charge < -0.3 is 10.3 Å². The van der Waals surface area contributed by atoms with Crippen LogP contribution in [0.4, 0.5) is 0 Å². The first-order valence-corrected chi connectivity index (χ1v) is 8.09. The van der Waals surface area contributed by atoms with Crippen LogP contribution in [0.5, 0.6) is 0 Å². The molecule has 1 fully saturated rings. The third-order valence-electron chi connectivity index (χ3n) is 4.62. The van der Waals surface area contributed by atoms with Gasteiger partial charge in [-0.3, -0.25) is 4.90 Å². The Balaban J connectivity index is 1.73. The Hall–Kier alpha value is -1.72. The van der Waals surface area contributed by atoms with E-state index < -0.39 is 0 Å². The lowest BCUT2D eigenvalue weighted by molar-refractivity contribution is 0.229. The first kappa shape index (κ1) is 15.2. The van der Waals surface area contributed by atoms with Crippen molar-refractivity contribution in [3.8, 4) is 11.5 Å². The van der Waals surface area contributed by atoms with Crippen LogP contribution in [0.2, 0.25) is 0 Å². The number of aromatic nitrogens is 2. The van der Waals surface area contributed by atoms with Gasteiger partial charge >= 0.3 is 0 Å². The van der Waals surface area contributed by atoms with E-state index in [1.165, 1.54) is 5.56 Å². The number of nitrogens with two attached hydrogens (primary N) is 1. The molecule has 5 heteroatoms. The van der Waals surface area contributed by atoms with E-state index in [-0.39, 0.29) is 5.54 Å². The van der Waals surface area contributed by atoms with E-state index in [1.54, 1.807) is 0 Å². The molecule has 1 aromatic heterocycles. The molecule has 0 spiro atoms. The first-order valence-electron chi connectivity index (χ1n) is 8.09. The molecular formula is C17H24N4O. The first-order chi connectivity index (χ1) is 10.6. The van der Waals surface area contributed by atoms with E-state index in [0.29, 0.717) is 11.7 Å². The summed E-state index contributed by atoms with van der Waals surface area (Å²) >= 11 is 0. The Morgan fingerprint density at radius 2 is 1.86 bits per heavy atom. The summed E-state index contributed by atoms with van der Waals surface area (Å²) in [6.45, 7) is 7.45. The van der Waals surface area contributed by atoms with E-state index >= 15 is 0 Å². The topological polar surface area (TPSA) is 68.2 Å². The molecule has 0 aliphatic heterocycles. The number of rotatable bonds is 6. The zero-order valence-electron chi connectivity index (χ0n) is 13.4. The second-order valence-electron chi connectivity index (χ2n) is 6.09. The lowest BCUT2D eigenvalue weighted by atomic mass is 9.77. The molecule has 1 saturated carbocycles. The van der Waals surface area contributed by atoms with Crippen LogP contribution in [0.1, 0.15) is 44.5 Å². The summed E-state index contributed by atoms with van der Waals surface area (Å²) in [6.07, 6.45) is 3.02. The van der Waals surface area contributed by atoms with Gasteiger partial charge in [0.25, 0.3) is 5.89 Å². The largest absolute Gasteiger partial charge is 0.334 e. The van der Waals surface area contributed by atoms with Crippen molar-refractivity contribution in [1.82, 2.24) is 15.0 Å². The highest BCUT2D eigenvalue weighted by molar-refractivity contribution is 5.53. The summed E-state index contributed by atoms with van der Waals surface area (Å²) in [6, 6.07) is 8.33. The molecule has 0 amide bonds. The third-order valence-corrected chi connectivity index (χ3v) is 4.62. The fourth-order valence-electron chi connectivity index (χ4n) is 2.78. The maximum absolute atomic E-state index is 6.23. The molecule has 1 aliphatic carbocycles. The van der Waals surface area contributed by atoms with Gasteiger partial charge in [0.05, 0.1) is 5.54 Å². The van der Waals surface area contributed by atoms with Gasteiger partial charge in [0.1, 0.15) is 0 Å². The Labute approximate surface area is 131 Å². The molecule has 1 aliphatic rings. The van der Waals surface area contributed by atoms with Crippen molar-refractivity contribution in [3.05, 3.63) is 35.7 Å². The van der Waals surface area contributed by atoms with Crippen LogP contribution in [-0.4, -0.2) is 28.1 Å². The fraction of sp³-hybridized carbons (Fsp3) is 0.529. The van der Waals surface area contributed by atoms with Gasteiger partial charge in [-0.15, -0.1) is 0 Å². The lowest BCUT2D eigenvalue weighted by Crippen LogP contribution is -2.44. The zero-order chi connectivity index (χ0) is 15.6. The predicted molar refractivity (Wildman–Crippen MR) is 86.1 cm³/mol. The van der Waals surface area contributed by atoms with Gasteiger partial charge in [0, 0.05) is 12.1 Å². The average molecular weight is 300 g/mol. The van der Waals surface area contributed by atoms with Crippen molar-refractivity contribution < 1.29 is 4.52 Å². The van der Waals surface area contributed by atoms with Crippen LogP contribution >= 0.6 is 0 Å². The van der Waals surface area contributed by atoms with Crippen LogP contribution in [-0.2, 0) is 12.1 Å². The minimum Gasteiger partial charge on any atom is -0.334 e. The molecule has 0 bridgehead atoms. The second kappa shape index (κ2) is 6.18. The predicted octanol–water partition coefficient (Wildman–Crippen LogP) is 2.92. The molecule has 3 rings (SSSR count). The number of hydrogen-bond donors (Lipinski definition) is 1. The minimum absolute atomic E-state index is 0.371. The normalized spacial score (nSPS) is 16.7. The van der Waals surface area contributed by atoms with E-state index in [0.717, 1.165) is 44.5 Å². The van der Waals surface area contributed by atoms with Crippen LogP contribution in [0.3, 0.4) is 0 Å². The van der Waals surface area contributed by atoms with Crippen molar-refractivity contribution in [1.29, 1.82) is 0 Å². The highest BCUT2D eigenvalue weighted by atomic mass is 16.5. The third kappa shape index (κ3) is 2.91. The molecule has 1 aromatic carbocycles. The molecule has 0 unspecified atom stereocenters. The highest BCUT2D eigenvalue weighted by Gasteiger charge is 2.39. The van der Waals surface area contributed by atoms with E-state index in [4.69, 9.17) is 10.3 Å². The zero-order valence-corrected chi connectivity index (χ0v) is 13.4. The van der Waals surface area contributed by atoms with Crippen LogP contribution in [0.15, 0.2) is 28.8 Å². The Kier molecular flexibility index (Phi) is 4.27. The molecule has 0 radical (unpaired) electrons. The maximum atomic E-state index is 6.23. The molecule has 0 saturated heterocycles. The minimum atomic E-state index is -0.371. The molecule has 0 atom stereocenters. The lowest BCUT2D eigenvalue weighted by Gasteiger charge is -2.34. The van der Waals surface area contributed by atoms with E-state index in [9.17, 15) is 0 Å². The molecule has 2 aromatic rings. The van der Waals surface area contributed by atoms with Gasteiger partial charge in [-0.1, -0.05) is 31.1 Å². The Morgan fingerprint density at radius 3 is 2.41 bits per heavy atom. The number of benzene rings is 1. The summed E-state index contributed by atoms with van der Waals surface area (Å²) in [5.74, 6) is 1.20. The van der Waals surface area contributed by atoms with Crippen molar-refractivity contribution in [3.63, 3.8) is 0 Å². The monoisotopic (exact) mass is 300 g/mol. The molecule has 118 valence electrons. The van der Waals surface area contributed by atoms with Gasteiger partial charge in [-0.2, -0.15) is 4.98 Å². The summed E-state index contributed by atoms with van der Waals surface area (Å²) in [5, 5.41) is 4.06. The van der Waals surface area contributed by atoms with Crippen LogP contribution in [0, 0.1) is 0 Å². The van der Waals surface area contributed by atoms with Crippen LogP contribution in [0.25, 0.3) is 11.5 Å². The second-order valence-corrected chi connectivity index (χ2v) is 6.09. The summed E-state index contributed by atoms with van der Waals surface area (Å²) in [4.78, 5) is 6.87. The average Bonchev–Trinajstić information content (AvgIpc) is 3.01. The molecule has 5 nitrogen and oxygen atoms in total. The Bertz CT molecular complexity index is 612. The van der Waals surface area contributed by atoms with Gasteiger partial charge in [-0.25, -0.2) is 0 Å². The summed E-state index contributed by atoms with van der Waals surface area (Å²) in [7, 11) is 0. The smallest absolute Gasteiger partial charge is 0.257 e. The highest BCUT2D eigenvalue weighted by Crippen LogP contribution is 2.37. The number of hydrogen-bond acceptors (Lipinski definition) is 5. The van der Waals surface area contributed by atoms with Crippen molar-refractivity contribution >= 4 is 0 Å². The van der Waals surface area contributed by atoms with Gasteiger partial charge in [-0.05, 0) is 50.0 Å².